The molecule has 0 bridgehead atoms. The first-order chi connectivity index (χ1) is 8.93. The molecule has 1 atom stereocenters. The van der Waals surface area contributed by atoms with Crippen LogP contribution in [0.25, 0.3) is 0 Å². The van der Waals surface area contributed by atoms with Gasteiger partial charge in [0.2, 0.25) is 10.0 Å². The van der Waals surface area contributed by atoms with Gasteiger partial charge in [0.05, 0.1) is 10.9 Å². The standard InChI is InChI=1S/C13H16ClNO3S/c1-10(16)13-4-2-3-9-15(13)19(17,18)12-7-5-11(14)6-8-12/h5-8,13H,2-4,9H2,1H3. The first-order valence-electron chi connectivity index (χ1n) is 6.21. The lowest BCUT2D eigenvalue weighted by Gasteiger charge is -2.33. The van der Waals surface area contributed by atoms with E-state index in [-0.39, 0.29) is 10.7 Å². The third kappa shape index (κ3) is 2.99. The van der Waals surface area contributed by atoms with E-state index in [1.54, 1.807) is 12.1 Å². The minimum absolute atomic E-state index is 0.0998. The first-order valence-corrected chi connectivity index (χ1v) is 8.02. The number of Topliss-reactive ketones (excluding diaryl/α,β-unsaturated/α-hetero) is 1. The first kappa shape index (κ1) is 14.5. The number of rotatable bonds is 3. The van der Waals surface area contributed by atoms with Gasteiger partial charge in [0.25, 0.3) is 0 Å². The number of nitrogens with zero attached hydrogens (tertiary/aromatic N) is 1. The van der Waals surface area contributed by atoms with Gasteiger partial charge in [0, 0.05) is 11.6 Å². The molecule has 0 N–H and O–H groups in total. The Morgan fingerprint density at radius 2 is 1.89 bits per heavy atom. The molecular formula is C13H16ClNO3S. The SMILES string of the molecule is CC(=O)C1CCCCN1S(=O)(=O)c1ccc(Cl)cc1. The van der Waals surface area contributed by atoms with Crippen LogP contribution in [0.1, 0.15) is 26.2 Å². The van der Waals surface area contributed by atoms with Gasteiger partial charge in [0.1, 0.15) is 5.78 Å². The molecule has 1 aromatic rings. The predicted octanol–water partition coefficient (Wildman–Crippen LogP) is 2.47. The van der Waals surface area contributed by atoms with Crippen molar-refractivity contribution >= 4 is 27.4 Å². The molecule has 1 aromatic carbocycles. The molecule has 1 fully saturated rings. The van der Waals surface area contributed by atoms with Crippen LogP contribution in [0.5, 0.6) is 0 Å². The van der Waals surface area contributed by atoms with Crippen LogP contribution < -0.4 is 0 Å². The number of carbonyl (C=O) groups is 1. The smallest absolute Gasteiger partial charge is 0.243 e. The van der Waals surface area contributed by atoms with E-state index in [1.165, 1.54) is 23.4 Å². The highest BCUT2D eigenvalue weighted by Crippen LogP contribution is 2.26. The normalized spacial score (nSPS) is 21.3. The molecule has 1 aliphatic heterocycles. The van der Waals surface area contributed by atoms with E-state index in [2.05, 4.69) is 0 Å². The number of hydrogen-bond donors (Lipinski definition) is 0. The molecule has 0 aliphatic carbocycles. The summed E-state index contributed by atoms with van der Waals surface area (Å²) in [6.07, 6.45) is 2.27. The summed E-state index contributed by atoms with van der Waals surface area (Å²) in [6.45, 7) is 1.84. The van der Waals surface area contributed by atoms with Crippen LogP contribution in [0.3, 0.4) is 0 Å². The van der Waals surface area contributed by atoms with Gasteiger partial charge in [-0.3, -0.25) is 4.79 Å². The van der Waals surface area contributed by atoms with Crippen LogP contribution in [0.4, 0.5) is 0 Å². The molecule has 0 aromatic heterocycles. The molecule has 0 saturated carbocycles. The van der Waals surface area contributed by atoms with Crippen LogP contribution in [0.2, 0.25) is 5.02 Å². The van der Waals surface area contributed by atoms with Crippen LogP contribution in [0.15, 0.2) is 29.2 Å². The minimum atomic E-state index is -3.62. The molecule has 1 unspecified atom stereocenters. The number of benzene rings is 1. The fraction of sp³-hybridized carbons (Fsp3) is 0.462. The van der Waals surface area contributed by atoms with Gasteiger partial charge in [-0.15, -0.1) is 0 Å². The lowest BCUT2D eigenvalue weighted by molar-refractivity contribution is -0.121. The lowest BCUT2D eigenvalue weighted by Crippen LogP contribution is -2.47. The fourth-order valence-corrected chi connectivity index (χ4v) is 4.18. The average molecular weight is 302 g/mol. The maximum atomic E-state index is 12.5. The quantitative estimate of drug-likeness (QED) is 0.862. The van der Waals surface area contributed by atoms with Crippen LogP contribution in [0, 0.1) is 0 Å². The molecule has 0 spiro atoms. The van der Waals surface area contributed by atoms with Gasteiger partial charge in [-0.25, -0.2) is 8.42 Å². The second kappa shape index (κ2) is 5.61. The Labute approximate surface area is 118 Å². The summed E-state index contributed by atoms with van der Waals surface area (Å²) in [6, 6.07) is 5.50. The Kier molecular flexibility index (Phi) is 4.28. The average Bonchev–Trinajstić information content (AvgIpc) is 2.39. The molecule has 104 valence electrons. The second-order valence-electron chi connectivity index (χ2n) is 4.69. The van der Waals surface area contributed by atoms with Gasteiger partial charge >= 0.3 is 0 Å². The highest BCUT2D eigenvalue weighted by molar-refractivity contribution is 7.89. The van der Waals surface area contributed by atoms with Gasteiger partial charge in [-0.2, -0.15) is 4.31 Å². The fourth-order valence-electron chi connectivity index (χ4n) is 2.34. The summed E-state index contributed by atoms with van der Waals surface area (Å²) < 4.78 is 26.4. The van der Waals surface area contributed by atoms with Crippen LogP contribution in [-0.2, 0) is 14.8 Å². The number of piperidine rings is 1. The molecule has 2 rings (SSSR count). The van der Waals surface area contributed by atoms with Crippen molar-refractivity contribution in [3.05, 3.63) is 29.3 Å². The Morgan fingerprint density at radius 1 is 1.26 bits per heavy atom. The summed E-state index contributed by atoms with van der Waals surface area (Å²) in [5.74, 6) is -0.0998. The van der Waals surface area contributed by atoms with Gasteiger partial charge < -0.3 is 0 Å². The monoisotopic (exact) mass is 301 g/mol. The topological polar surface area (TPSA) is 54.5 Å². The van der Waals surface area contributed by atoms with Crippen LogP contribution in [-0.4, -0.2) is 31.1 Å². The molecule has 1 aliphatic rings. The number of carbonyl (C=O) groups excluding carboxylic acids is 1. The summed E-state index contributed by atoms with van der Waals surface area (Å²) in [5, 5.41) is 0.487. The zero-order chi connectivity index (χ0) is 14.0. The molecule has 19 heavy (non-hydrogen) atoms. The van der Waals surface area contributed by atoms with Crippen LogP contribution >= 0.6 is 11.6 Å². The molecule has 0 amide bonds. The van der Waals surface area contributed by atoms with Crippen molar-refractivity contribution in [2.75, 3.05) is 6.54 Å². The van der Waals surface area contributed by atoms with E-state index in [9.17, 15) is 13.2 Å². The largest absolute Gasteiger partial charge is 0.298 e. The predicted molar refractivity (Wildman–Crippen MR) is 73.7 cm³/mol. The third-order valence-electron chi connectivity index (χ3n) is 3.34. The van der Waals surface area contributed by atoms with Crippen molar-refractivity contribution in [1.82, 2.24) is 4.31 Å². The highest BCUT2D eigenvalue weighted by Gasteiger charge is 2.35. The molecule has 1 heterocycles. The number of ketones is 1. The second-order valence-corrected chi connectivity index (χ2v) is 7.02. The van der Waals surface area contributed by atoms with E-state index in [4.69, 9.17) is 11.6 Å². The zero-order valence-corrected chi connectivity index (χ0v) is 12.2. The molecule has 6 heteroatoms. The zero-order valence-electron chi connectivity index (χ0n) is 10.7. The Bertz CT molecular complexity index is 568. The molecule has 0 radical (unpaired) electrons. The van der Waals surface area contributed by atoms with Gasteiger partial charge in [-0.1, -0.05) is 18.0 Å². The molecule has 1 saturated heterocycles. The van der Waals surface area contributed by atoms with Crippen molar-refractivity contribution in [1.29, 1.82) is 0 Å². The Morgan fingerprint density at radius 3 is 2.47 bits per heavy atom. The molecular weight excluding hydrogens is 286 g/mol. The number of halogens is 1. The van der Waals surface area contributed by atoms with E-state index >= 15 is 0 Å². The minimum Gasteiger partial charge on any atom is -0.298 e. The highest BCUT2D eigenvalue weighted by atomic mass is 35.5. The van der Waals surface area contributed by atoms with E-state index < -0.39 is 16.1 Å². The molecule has 4 nitrogen and oxygen atoms in total. The number of sulfonamides is 1. The maximum absolute atomic E-state index is 12.5. The van der Waals surface area contributed by atoms with Crippen molar-refractivity contribution in [2.45, 2.75) is 37.1 Å². The number of hydrogen-bond acceptors (Lipinski definition) is 3. The van der Waals surface area contributed by atoms with Crippen molar-refractivity contribution < 1.29 is 13.2 Å². The van der Waals surface area contributed by atoms with Crippen molar-refractivity contribution in [3.63, 3.8) is 0 Å². The van der Waals surface area contributed by atoms with E-state index in [1.807, 2.05) is 0 Å². The summed E-state index contributed by atoms with van der Waals surface area (Å²) in [7, 11) is -3.62. The summed E-state index contributed by atoms with van der Waals surface area (Å²) >= 11 is 5.76. The van der Waals surface area contributed by atoms with E-state index in [0.717, 1.165) is 12.8 Å². The van der Waals surface area contributed by atoms with Crippen molar-refractivity contribution in [3.8, 4) is 0 Å². The van der Waals surface area contributed by atoms with Gasteiger partial charge in [-0.05, 0) is 44.0 Å². The van der Waals surface area contributed by atoms with Gasteiger partial charge in [0.15, 0.2) is 0 Å². The van der Waals surface area contributed by atoms with Crippen molar-refractivity contribution in [2.24, 2.45) is 0 Å². The maximum Gasteiger partial charge on any atom is 0.243 e. The lowest BCUT2D eigenvalue weighted by atomic mass is 10.0. The Hall–Kier alpha value is -0.910. The third-order valence-corrected chi connectivity index (χ3v) is 5.52. The summed E-state index contributed by atoms with van der Waals surface area (Å²) in [4.78, 5) is 11.8. The van der Waals surface area contributed by atoms with E-state index in [0.29, 0.717) is 18.0 Å². The Balaban J connectivity index is 2.37. The summed E-state index contributed by atoms with van der Waals surface area (Å²) in [5.41, 5.74) is 0.